The molecule has 26 heavy (non-hydrogen) atoms. The van der Waals surface area contributed by atoms with Crippen molar-refractivity contribution in [1.82, 2.24) is 0 Å². The number of anilines is 2. The van der Waals surface area contributed by atoms with Crippen molar-refractivity contribution in [3.63, 3.8) is 0 Å². The summed E-state index contributed by atoms with van der Waals surface area (Å²) >= 11 is 8.44. The summed E-state index contributed by atoms with van der Waals surface area (Å²) in [6, 6.07) is 21.5. The van der Waals surface area contributed by atoms with Crippen LogP contribution in [0.1, 0.15) is 27.7 Å². The number of fused-ring (bicyclic) bond motifs is 1. The molecule has 5 heteroatoms. The molecule has 1 heterocycles. The smallest absolute Gasteiger partial charge is 0.262 e. The first-order valence-electron chi connectivity index (χ1n) is 8.25. The number of hydrogen-bond acceptors (Lipinski definition) is 2. The fraction of sp³-hybridized carbons (Fsp3) is 0.0952. The van der Waals surface area contributed by atoms with Crippen LogP contribution >= 0.6 is 34.2 Å². The molecule has 0 bridgehead atoms. The molecule has 1 aliphatic rings. The fourth-order valence-corrected chi connectivity index (χ4v) is 3.92. The van der Waals surface area contributed by atoms with E-state index in [-0.39, 0.29) is 12.1 Å². The number of nitrogens with one attached hydrogen (secondary N) is 1. The highest BCUT2D eigenvalue weighted by Crippen LogP contribution is 2.37. The van der Waals surface area contributed by atoms with Gasteiger partial charge in [-0.2, -0.15) is 0 Å². The highest BCUT2D eigenvalue weighted by Gasteiger charge is 2.34. The average Bonchev–Trinajstić information content (AvgIpc) is 2.62. The quantitative estimate of drug-likeness (QED) is 0.460. The monoisotopic (exact) mass is 474 g/mol. The first kappa shape index (κ1) is 17.4. The van der Waals surface area contributed by atoms with Crippen molar-refractivity contribution in [2.24, 2.45) is 0 Å². The molecular formula is C21H16ClIN2O. The minimum Gasteiger partial charge on any atom is -0.360 e. The Morgan fingerprint density at radius 3 is 2.62 bits per heavy atom. The number of carbonyl (C=O) groups is 1. The van der Waals surface area contributed by atoms with Gasteiger partial charge in [0.1, 0.15) is 6.17 Å². The molecule has 0 aromatic heterocycles. The Hall–Kier alpha value is -2.05. The van der Waals surface area contributed by atoms with Gasteiger partial charge in [0.15, 0.2) is 0 Å². The van der Waals surface area contributed by atoms with Crippen LogP contribution in [0.25, 0.3) is 0 Å². The third-order valence-corrected chi connectivity index (χ3v) is 5.33. The van der Waals surface area contributed by atoms with Crippen molar-refractivity contribution in [1.29, 1.82) is 0 Å². The number of hydrogen-bond donors (Lipinski definition) is 1. The van der Waals surface area contributed by atoms with Crippen molar-refractivity contribution in [3.05, 3.63) is 92.0 Å². The molecular weight excluding hydrogens is 459 g/mol. The van der Waals surface area contributed by atoms with Gasteiger partial charge >= 0.3 is 0 Å². The number of rotatable bonds is 2. The molecule has 0 unspecified atom stereocenters. The number of carbonyl (C=O) groups excluding carboxylic acids is 1. The summed E-state index contributed by atoms with van der Waals surface area (Å²) < 4.78 is 1.03. The molecule has 0 saturated heterocycles. The van der Waals surface area contributed by atoms with Gasteiger partial charge in [0.05, 0.1) is 5.56 Å². The zero-order valence-electron chi connectivity index (χ0n) is 14.0. The number of benzene rings is 3. The maximum absolute atomic E-state index is 13.4. The van der Waals surface area contributed by atoms with Gasteiger partial charge in [-0.25, -0.2) is 0 Å². The molecule has 3 aromatic carbocycles. The number of aryl methyl sites for hydroxylation is 1. The second-order valence-electron chi connectivity index (χ2n) is 6.31. The molecule has 1 aliphatic heterocycles. The Labute approximate surface area is 171 Å². The van der Waals surface area contributed by atoms with Crippen LogP contribution in [-0.4, -0.2) is 5.91 Å². The van der Waals surface area contributed by atoms with E-state index in [0.29, 0.717) is 10.6 Å². The van der Waals surface area contributed by atoms with Crippen LogP contribution < -0.4 is 10.2 Å². The predicted molar refractivity (Wildman–Crippen MR) is 115 cm³/mol. The summed E-state index contributed by atoms with van der Waals surface area (Å²) in [5, 5.41) is 4.16. The van der Waals surface area contributed by atoms with E-state index in [1.54, 1.807) is 4.90 Å². The highest BCUT2D eigenvalue weighted by atomic mass is 127. The van der Waals surface area contributed by atoms with Gasteiger partial charge in [0.2, 0.25) is 0 Å². The van der Waals surface area contributed by atoms with Crippen molar-refractivity contribution in [2.75, 3.05) is 10.2 Å². The topological polar surface area (TPSA) is 32.3 Å². The van der Waals surface area contributed by atoms with E-state index in [1.165, 1.54) is 0 Å². The number of amides is 1. The van der Waals surface area contributed by atoms with Gasteiger partial charge in [0, 0.05) is 20.0 Å². The minimum absolute atomic E-state index is 0.0205. The van der Waals surface area contributed by atoms with Gasteiger partial charge in [-0.3, -0.25) is 9.69 Å². The van der Waals surface area contributed by atoms with Gasteiger partial charge in [-0.15, -0.1) is 0 Å². The largest absolute Gasteiger partial charge is 0.360 e. The van der Waals surface area contributed by atoms with Crippen LogP contribution in [0.4, 0.5) is 11.4 Å². The van der Waals surface area contributed by atoms with E-state index in [4.69, 9.17) is 11.6 Å². The molecule has 3 aromatic rings. The van der Waals surface area contributed by atoms with Gasteiger partial charge < -0.3 is 5.32 Å². The first-order chi connectivity index (χ1) is 12.5. The normalized spacial score (nSPS) is 16.2. The minimum atomic E-state index is -0.324. The van der Waals surface area contributed by atoms with Crippen molar-refractivity contribution >= 4 is 51.5 Å². The molecule has 130 valence electrons. The summed E-state index contributed by atoms with van der Waals surface area (Å²) in [5.41, 5.74) is 4.42. The zero-order chi connectivity index (χ0) is 18.3. The lowest BCUT2D eigenvalue weighted by Crippen LogP contribution is -2.43. The Morgan fingerprint density at radius 1 is 1.04 bits per heavy atom. The second kappa shape index (κ2) is 6.93. The summed E-state index contributed by atoms with van der Waals surface area (Å²) in [7, 11) is 0. The standard InChI is InChI=1S/C21H16ClIN2O/c1-13-4-2-7-17(10-13)25-20(14-5-3-6-15(22)11-14)24-19-9-8-16(23)12-18(19)21(25)26/h2-12,20,24H,1H3/t20-/m1/s1. The summed E-state index contributed by atoms with van der Waals surface area (Å²) in [6.45, 7) is 2.02. The fourth-order valence-electron chi connectivity index (χ4n) is 3.23. The van der Waals surface area contributed by atoms with Crippen LogP contribution in [0.15, 0.2) is 66.7 Å². The number of halogens is 2. The molecule has 4 rings (SSSR count). The Bertz CT molecular complexity index is 1000. The lowest BCUT2D eigenvalue weighted by atomic mass is 10.0. The summed E-state index contributed by atoms with van der Waals surface area (Å²) in [6.07, 6.45) is -0.324. The maximum Gasteiger partial charge on any atom is 0.262 e. The van der Waals surface area contributed by atoms with Crippen molar-refractivity contribution < 1.29 is 4.79 Å². The van der Waals surface area contributed by atoms with Gasteiger partial charge in [-0.1, -0.05) is 35.9 Å². The predicted octanol–water partition coefficient (Wildman–Crippen LogP) is 6.02. The molecule has 0 radical (unpaired) electrons. The lowest BCUT2D eigenvalue weighted by Gasteiger charge is -2.38. The molecule has 1 N–H and O–H groups in total. The third kappa shape index (κ3) is 3.19. The van der Waals surface area contributed by atoms with Crippen LogP contribution in [0.3, 0.4) is 0 Å². The Balaban J connectivity index is 1.89. The molecule has 0 aliphatic carbocycles. The van der Waals surface area contributed by atoms with Crippen molar-refractivity contribution in [3.8, 4) is 0 Å². The van der Waals surface area contributed by atoms with Crippen LogP contribution in [0.5, 0.6) is 0 Å². The molecule has 1 atom stereocenters. The maximum atomic E-state index is 13.4. The zero-order valence-corrected chi connectivity index (χ0v) is 17.0. The molecule has 0 spiro atoms. The lowest BCUT2D eigenvalue weighted by molar-refractivity contribution is 0.0975. The van der Waals surface area contributed by atoms with E-state index in [9.17, 15) is 4.79 Å². The first-order valence-corrected chi connectivity index (χ1v) is 9.70. The molecule has 0 fully saturated rings. The second-order valence-corrected chi connectivity index (χ2v) is 7.99. The van der Waals surface area contributed by atoms with Gasteiger partial charge in [0.25, 0.3) is 5.91 Å². The Kier molecular flexibility index (Phi) is 4.63. The van der Waals surface area contributed by atoms with E-state index in [0.717, 1.165) is 26.1 Å². The van der Waals surface area contributed by atoms with Gasteiger partial charge in [-0.05, 0) is 83.1 Å². The Morgan fingerprint density at radius 2 is 1.85 bits per heavy atom. The van der Waals surface area contributed by atoms with E-state index in [2.05, 4.69) is 27.9 Å². The van der Waals surface area contributed by atoms with E-state index >= 15 is 0 Å². The van der Waals surface area contributed by atoms with E-state index < -0.39 is 0 Å². The molecule has 3 nitrogen and oxygen atoms in total. The summed E-state index contributed by atoms with van der Waals surface area (Å²) in [5.74, 6) is -0.0205. The van der Waals surface area contributed by atoms with Crippen molar-refractivity contribution in [2.45, 2.75) is 13.1 Å². The van der Waals surface area contributed by atoms with Crippen LogP contribution in [0, 0.1) is 10.5 Å². The van der Waals surface area contributed by atoms with E-state index in [1.807, 2.05) is 73.7 Å². The SMILES string of the molecule is Cc1cccc(N2C(=O)c3cc(I)ccc3N[C@H]2c2cccc(Cl)c2)c1. The van der Waals surface area contributed by atoms with Crippen LogP contribution in [-0.2, 0) is 0 Å². The molecule has 0 saturated carbocycles. The van der Waals surface area contributed by atoms with Crippen LogP contribution in [0.2, 0.25) is 5.02 Å². The summed E-state index contributed by atoms with van der Waals surface area (Å²) in [4.78, 5) is 15.2. The molecule has 1 amide bonds. The number of nitrogens with zero attached hydrogens (tertiary/aromatic N) is 1. The highest BCUT2D eigenvalue weighted by molar-refractivity contribution is 14.1. The average molecular weight is 475 g/mol. The third-order valence-electron chi connectivity index (χ3n) is 4.43.